The molecule has 0 aliphatic carbocycles. The molecule has 5 nitrogen and oxygen atoms in total. The van der Waals surface area contributed by atoms with Crippen LogP contribution in [0.1, 0.15) is 6.42 Å². The summed E-state index contributed by atoms with van der Waals surface area (Å²) < 4.78 is 5.51. The van der Waals surface area contributed by atoms with Crippen molar-refractivity contribution in [1.82, 2.24) is 4.98 Å². The Bertz CT molecular complexity index is 401. The molecule has 2 aliphatic rings. The molecule has 0 saturated carbocycles. The third-order valence-electron chi connectivity index (χ3n) is 3.26. The fourth-order valence-electron chi connectivity index (χ4n) is 2.43. The molecule has 3 rings (SSSR count). The van der Waals surface area contributed by atoms with Crippen molar-refractivity contribution in [2.45, 2.75) is 18.6 Å². The van der Waals surface area contributed by atoms with Gasteiger partial charge >= 0.3 is 7.12 Å². The molecule has 3 heterocycles. The summed E-state index contributed by atoms with van der Waals surface area (Å²) in [6.07, 6.45) is 2.97. The summed E-state index contributed by atoms with van der Waals surface area (Å²) in [6, 6.07) is 3.73. The van der Waals surface area contributed by atoms with Crippen molar-refractivity contribution < 1.29 is 14.8 Å². The van der Waals surface area contributed by atoms with Gasteiger partial charge < -0.3 is 19.7 Å². The zero-order valence-corrected chi connectivity index (χ0v) is 8.78. The molecule has 0 spiro atoms. The van der Waals surface area contributed by atoms with E-state index in [4.69, 9.17) is 14.8 Å². The monoisotopic (exact) mass is 220 g/mol. The number of nitrogens with zero attached hydrogens (tertiary/aromatic N) is 2. The van der Waals surface area contributed by atoms with Crippen LogP contribution >= 0.6 is 0 Å². The van der Waals surface area contributed by atoms with Crippen molar-refractivity contribution in [3.05, 3.63) is 18.3 Å². The van der Waals surface area contributed by atoms with Gasteiger partial charge in [-0.2, -0.15) is 0 Å². The second kappa shape index (κ2) is 3.73. The number of anilines is 1. The van der Waals surface area contributed by atoms with Crippen LogP contribution in [0.2, 0.25) is 0 Å². The number of hydrogen-bond donors (Lipinski definition) is 2. The van der Waals surface area contributed by atoms with Gasteiger partial charge in [0.05, 0.1) is 18.8 Å². The summed E-state index contributed by atoms with van der Waals surface area (Å²) in [5.74, 6) is 0.807. The average Bonchev–Trinajstić information content (AvgIpc) is 2.91. The Balaban J connectivity index is 1.86. The lowest BCUT2D eigenvalue weighted by atomic mass is 9.81. The normalized spacial score (nSPS) is 27.5. The summed E-state index contributed by atoms with van der Waals surface area (Å²) in [6.45, 7) is 1.60. The minimum absolute atomic E-state index is 0.314. The Morgan fingerprint density at radius 1 is 1.50 bits per heavy atom. The highest BCUT2D eigenvalue weighted by molar-refractivity contribution is 6.58. The van der Waals surface area contributed by atoms with Gasteiger partial charge in [-0.3, -0.25) is 0 Å². The van der Waals surface area contributed by atoms with Crippen molar-refractivity contribution >= 4 is 18.4 Å². The molecule has 1 aromatic heterocycles. The molecule has 2 aliphatic heterocycles. The quantitative estimate of drug-likeness (QED) is 0.609. The molecule has 6 heteroatoms. The predicted octanol–water partition coefficient (Wildman–Crippen LogP) is -1.26. The summed E-state index contributed by atoms with van der Waals surface area (Å²) in [5, 5.41) is 18.2. The molecule has 2 fully saturated rings. The molecule has 1 aromatic rings. The Morgan fingerprint density at radius 3 is 3.00 bits per heavy atom. The highest BCUT2D eigenvalue weighted by Gasteiger charge is 2.39. The van der Waals surface area contributed by atoms with Crippen molar-refractivity contribution in [1.29, 1.82) is 0 Å². The van der Waals surface area contributed by atoms with E-state index in [1.165, 1.54) is 0 Å². The lowest BCUT2D eigenvalue weighted by Crippen LogP contribution is -2.39. The molecular weight excluding hydrogens is 207 g/mol. The zero-order chi connectivity index (χ0) is 11.1. The predicted molar refractivity (Wildman–Crippen MR) is 59.6 cm³/mol. The summed E-state index contributed by atoms with van der Waals surface area (Å²) >= 11 is 0. The van der Waals surface area contributed by atoms with Crippen LogP contribution in [-0.4, -0.2) is 47.4 Å². The molecule has 2 atom stereocenters. The van der Waals surface area contributed by atoms with Gasteiger partial charge in [0, 0.05) is 12.7 Å². The number of aromatic nitrogens is 1. The Hall–Kier alpha value is -1.11. The van der Waals surface area contributed by atoms with Gasteiger partial charge in [-0.05, 0) is 24.0 Å². The third kappa shape index (κ3) is 1.59. The van der Waals surface area contributed by atoms with Gasteiger partial charge in [-0.25, -0.2) is 4.98 Å². The third-order valence-corrected chi connectivity index (χ3v) is 3.26. The second-order valence-corrected chi connectivity index (χ2v) is 4.32. The van der Waals surface area contributed by atoms with Gasteiger partial charge in [0.25, 0.3) is 0 Å². The maximum atomic E-state index is 9.11. The molecule has 2 bridgehead atoms. The molecule has 2 N–H and O–H groups in total. The largest absolute Gasteiger partial charge is 0.488 e. The first-order valence-electron chi connectivity index (χ1n) is 5.44. The van der Waals surface area contributed by atoms with Crippen LogP contribution < -0.4 is 10.4 Å². The number of morpholine rings is 1. The molecule has 0 aromatic carbocycles. The van der Waals surface area contributed by atoms with Crippen LogP contribution in [0.25, 0.3) is 0 Å². The van der Waals surface area contributed by atoms with Crippen molar-refractivity contribution in [2.24, 2.45) is 0 Å². The fourth-order valence-corrected chi connectivity index (χ4v) is 2.43. The first-order chi connectivity index (χ1) is 7.74. The van der Waals surface area contributed by atoms with Gasteiger partial charge in [0.15, 0.2) is 0 Å². The average molecular weight is 220 g/mol. The molecule has 84 valence electrons. The topological polar surface area (TPSA) is 65.8 Å². The number of pyridine rings is 1. The number of fused-ring (bicyclic) bond motifs is 2. The molecule has 0 amide bonds. The summed E-state index contributed by atoms with van der Waals surface area (Å²) in [4.78, 5) is 6.45. The molecular formula is C10H13BN2O3. The van der Waals surface area contributed by atoms with E-state index < -0.39 is 7.12 Å². The van der Waals surface area contributed by atoms with Crippen molar-refractivity contribution in [2.75, 3.05) is 18.1 Å². The highest BCUT2D eigenvalue weighted by Crippen LogP contribution is 2.30. The number of ether oxygens (including phenoxy) is 1. The van der Waals surface area contributed by atoms with Crippen LogP contribution in [0.5, 0.6) is 0 Å². The van der Waals surface area contributed by atoms with Crippen LogP contribution in [0, 0.1) is 0 Å². The Labute approximate surface area is 93.8 Å². The van der Waals surface area contributed by atoms with E-state index in [2.05, 4.69) is 9.88 Å². The van der Waals surface area contributed by atoms with Crippen molar-refractivity contribution in [3.63, 3.8) is 0 Å². The molecule has 0 unspecified atom stereocenters. The van der Waals surface area contributed by atoms with Crippen LogP contribution in [0.3, 0.4) is 0 Å². The Kier molecular flexibility index (Phi) is 2.35. The lowest BCUT2D eigenvalue weighted by Gasteiger charge is -2.28. The van der Waals surface area contributed by atoms with E-state index in [1.807, 2.05) is 0 Å². The first kappa shape index (κ1) is 10.1. The van der Waals surface area contributed by atoms with E-state index in [1.54, 1.807) is 18.3 Å². The van der Waals surface area contributed by atoms with Gasteiger partial charge in [-0.15, -0.1) is 0 Å². The summed E-state index contributed by atoms with van der Waals surface area (Å²) in [5.41, 5.74) is 0.480. The summed E-state index contributed by atoms with van der Waals surface area (Å²) in [7, 11) is -1.43. The number of rotatable bonds is 2. The minimum Gasteiger partial charge on any atom is -0.423 e. The Morgan fingerprint density at radius 2 is 2.38 bits per heavy atom. The molecule has 0 radical (unpaired) electrons. The van der Waals surface area contributed by atoms with Crippen LogP contribution in [0.15, 0.2) is 18.3 Å². The fraction of sp³-hybridized carbons (Fsp3) is 0.500. The molecule has 16 heavy (non-hydrogen) atoms. The van der Waals surface area contributed by atoms with E-state index in [9.17, 15) is 0 Å². The SMILES string of the molecule is OB(O)c1ccnc(N2C[C@@H]3C[C@H]2CO3)c1. The van der Waals surface area contributed by atoms with E-state index >= 15 is 0 Å². The minimum atomic E-state index is -1.43. The van der Waals surface area contributed by atoms with Gasteiger partial charge in [-0.1, -0.05) is 0 Å². The van der Waals surface area contributed by atoms with Gasteiger partial charge in [0.2, 0.25) is 0 Å². The second-order valence-electron chi connectivity index (χ2n) is 4.32. The maximum Gasteiger partial charge on any atom is 0.488 e. The van der Waals surface area contributed by atoms with Crippen LogP contribution in [0.4, 0.5) is 5.82 Å². The smallest absolute Gasteiger partial charge is 0.423 e. The van der Waals surface area contributed by atoms with E-state index in [0.29, 0.717) is 17.6 Å². The lowest BCUT2D eigenvalue weighted by molar-refractivity contribution is 0.0989. The van der Waals surface area contributed by atoms with Crippen LogP contribution in [-0.2, 0) is 4.74 Å². The standard InChI is InChI=1S/C10H13BN2O3/c14-11(15)7-1-2-12-10(3-7)13-5-9-4-8(13)6-16-9/h1-3,8-9,14-15H,4-6H2/t8-,9-/m0/s1. The highest BCUT2D eigenvalue weighted by atomic mass is 16.5. The maximum absolute atomic E-state index is 9.11. The van der Waals surface area contributed by atoms with E-state index in [0.717, 1.165) is 25.4 Å². The number of hydrogen-bond acceptors (Lipinski definition) is 5. The first-order valence-corrected chi connectivity index (χ1v) is 5.44. The zero-order valence-electron chi connectivity index (χ0n) is 8.78. The van der Waals surface area contributed by atoms with Gasteiger partial charge in [0.1, 0.15) is 5.82 Å². The van der Waals surface area contributed by atoms with E-state index in [-0.39, 0.29) is 0 Å². The van der Waals surface area contributed by atoms with Crippen molar-refractivity contribution in [3.8, 4) is 0 Å². The molecule has 2 saturated heterocycles.